The number of anilines is 1. The number of aryl methyl sites for hydroxylation is 2. The number of hydrogen-bond acceptors (Lipinski definition) is 7. The maximum Gasteiger partial charge on any atom is 0.338 e. The molecule has 39 heavy (non-hydrogen) atoms. The molecule has 7 nitrogen and oxygen atoms in total. The van der Waals surface area contributed by atoms with Gasteiger partial charge in [-0.05, 0) is 48.9 Å². The zero-order valence-corrected chi connectivity index (χ0v) is 23.6. The Bertz CT molecular complexity index is 1390. The number of para-hydroxylation sites is 1. The standard InChI is InChI=1S/C30H33FN4O3S/c1-5-24-27(29(37)38-4)28(22-11-10-19(2)16-20(22)3)35-21(18-39-30(35)32-24)17-26(36)34-14-12-33(13-15-34)25-9-7-6-8-23(25)31/h6-11,16,18,28H,5,12-15,17H2,1-4H3/t28-/m0/s1. The third-order valence-electron chi connectivity index (χ3n) is 7.51. The fraction of sp³-hybridized carbons (Fsp3) is 0.367. The second-order valence-corrected chi connectivity index (χ2v) is 10.8. The first-order valence-corrected chi connectivity index (χ1v) is 14.1. The van der Waals surface area contributed by atoms with Crippen LogP contribution in [0.4, 0.5) is 10.1 Å². The number of carbonyl (C=O) groups is 2. The fourth-order valence-electron chi connectivity index (χ4n) is 5.51. The van der Waals surface area contributed by atoms with Gasteiger partial charge in [-0.15, -0.1) is 0 Å². The highest BCUT2D eigenvalue weighted by atomic mass is 32.2. The molecule has 1 atom stereocenters. The van der Waals surface area contributed by atoms with E-state index < -0.39 is 12.0 Å². The van der Waals surface area contributed by atoms with Gasteiger partial charge >= 0.3 is 5.97 Å². The van der Waals surface area contributed by atoms with E-state index in [9.17, 15) is 14.0 Å². The summed E-state index contributed by atoms with van der Waals surface area (Å²) in [5.41, 5.74) is 5.77. The van der Waals surface area contributed by atoms with E-state index in [0.717, 1.165) is 27.6 Å². The van der Waals surface area contributed by atoms with Crippen molar-refractivity contribution < 1.29 is 18.7 Å². The number of allylic oxidation sites excluding steroid dienone is 1. The van der Waals surface area contributed by atoms with Gasteiger partial charge in [-0.25, -0.2) is 14.2 Å². The molecule has 5 rings (SSSR count). The molecule has 0 aromatic heterocycles. The van der Waals surface area contributed by atoms with Crippen LogP contribution in [-0.4, -0.2) is 60.1 Å². The third-order valence-corrected chi connectivity index (χ3v) is 8.40. The highest BCUT2D eigenvalue weighted by Gasteiger charge is 2.42. The monoisotopic (exact) mass is 548 g/mol. The van der Waals surface area contributed by atoms with Crippen molar-refractivity contribution >= 4 is 34.5 Å². The van der Waals surface area contributed by atoms with Crippen LogP contribution >= 0.6 is 11.8 Å². The summed E-state index contributed by atoms with van der Waals surface area (Å²) in [6, 6.07) is 12.5. The number of nitrogens with zero attached hydrogens (tertiary/aromatic N) is 4. The minimum Gasteiger partial charge on any atom is -0.466 e. The molecule has 0 N–H and O–H groups in total. The van der Waals surface area contributed by atoms with Crippen LogP contribution in [0.15, 0.2) is 69.8 Å². The Labute approximate surface area is 233 Å². The first kappa shape index (κ1) is 27.0. The van der Waals surface area contributed by atoms with E-state index in [2.05, 4.69) is 12.1 Å². The molecule has 2 aromatic carbocycles. The number of aliphatic imine (C=N–C) groups is 1. The van der Waals surface area contributed by atoms with Gasteiger partial charge in [0.15, 0.2) is 5.17 Å². The topological polar surface area (TPSA) is 65.5 Å². The van der Waals surface area contributed by atoms with Gasteiger partial charge in [0.25, 0.3) is 0 Å². The number of thioether (sulfide) groups is 1. The summed E-state index contributed by atoms with van der Waals surface area (Å²) in [5.74, 6) is -0.660. The molecule has 0 spiro atoms. The van der Waals surface area contributed by atoms with Gasteiger partial charge in [0, 0.05) is 31.9 Å². The number of piperazine rings is 1. The minimum absolute atomic E-state index is 0.000507. The molecule has 3 aliphatic heterocycles. The van der Waals surface area contributed by atoms with Crippen LogP contribution in [0.25, 0.3) is 0 Å². The lowest BCUT2D eigenvalue weighted by atomic mass is 9.89. The van der Waals surface area contributed by atoms with Crippen LogP contribution in [0.5, 0.6) is 0 Å². The Kier molecular flexibility index (Phi) is 7.79. The summed E-state index contributed by atoms with van der Waals surface area (Å²) < 4.78 is 19.5. The number of amidine groups is 1. The maximum absolute atomic E-state index is 14.3. The average Bonchev–Trinajstić information content (AvgIpc) is 3.34. The molecule has 204 valence electrons. The Morgan fingerprint density at radius 3 is 2.51 bits per heavy atom. The Hall–Kier alpha value is -3.59. The number of amides is 1. The molecule has 2 aromatic rings. The summed E-state index contributed by atoms with van der Waals surface area (Å²) in [6.45, 7) is 8.23. The quantitative estimate of drug-likeness (QED) is 0.456. The van der Waals surface area contributed by atoms with Crippen molar-refractivity contribution in [3.8, 4) is 0 Å². The molecule has 1 saturated heterocycles. The van der Waals surface area contributed by atoms with Crippen LogP contribution in [0, 0.1) is 19.7 Å². The third kappa shape index (κ3) is 5.20. The molecule has 1 amide bonds. The number of benzene rings is 2. The summed E-state index contributed by atoms with van der Waals surface area (Å²) in [6.07, 6.45) is 0.771. The van der Waals surface area contributed by atoms with Gasteiger partial charge in [0.1, 0.15) is 5.82 Å². The average molecular weight is 549 g/mol. The first-order chi connectivity index (χ1) is 18.8. The first-order valence-electron chi connectivity index (χ1n) is 13.2. The van der Waals surface area contributed by atoms with Crippen LogP contribution in [0.2, 0.25) is 0 Å². The second-order valence-electron chi connectivity index (χ2n) is 9.96. The van der Waals surface area contributed by atoms with E-state index in [-0.39, 0.29) is 18.1 Å². The molecule has 9 heteroatoms. The SMILES string of the molecule is CCC1=C(C(=O)OC)[C@H](c2ccc(C)cc2C)N2C(CC(=O)N3CCN(c4ccccc4F)CC3)=CSC2=N1. The van der Waals surface area contributed by atoms with Crippen LogP contribution < -0.4 is 4.90 Å². The lowest BCUT2D eigenvalue weighted by Gasteiger charge is -2.39. The predicted molar refractivity (Wildman–Crippen MR) is 153 cm³/mol. The molecule has 0 aliphatic carbocycles. The van der Waals surface area contributed by atoms with E-state index in [1.807, 2.05) is 53.0 Å². The van der Waals surface area contributed by atoms with Crippen molar-refractivity contribution in [2.24, 2.45) is 4.99 Å². The van der Waals surface area contributed by atoms with Crippen molar-refractivity contribution in [3.63, 3.8) is 0 Å². The number of esters is 1. The van der Waals surface area contributed by atoms with Crippen molar-refractivity contribution in [3.05, 3.63) is 87.3 Å². The van der Waals surface area contributed by atoms with E-state index in [1.165, 1.54) is 24.9 Å². The van der Waals surface area contributed by atoms with E-state index >= 15 is 0 Å². The number of hydrogen-bond donors (Lipinski definition) is 0. The second kappa shape index (κ2) is 11.3. The molecule has 3 aliphatic rings. The number of carbonyl (C=O) groups excluding carboxylic acids is 2. The van der Waals surface area contributed by atoms with E-state index in [1.54, 1.807) is 12.1 Å². The van der Waals surface area contributed by atoms with E-state index in [4.69, 9.17) is 9.73 Å². The largest absolute Gasteiger partial charge is 0.466 e. The van der Waals surface area contributed by atoms with Gasteiger partial charge in [-0.1, -0.05) is 54.6 Å². The van der Waals surface area contributed by atoms with Crippen molar-refractivity contribution in [1.82, 2.24) is 9.80 Å². The van der Waals surface area contributed by atoms with Crippen LogP contribution in [-0.2, 0) is 14.3 Å². The van der Waals surface area contributed by atoms with Gasteiger partial charge in [-0.2, -0.15) is 0 Å². The normalized spacial score (nSPS) is 19.1. The maximum atomic E-state index is 14.3. The molecular weight excluding hydrogens is 515 g/mol. The van der Waals surface area contributed by atoms with Crippen molar-refractivity contribution in [2.75, 3.05) is 38.2 Å². The Balaban J connectivity index is 1.39. The number of ether oxygens (including phenoxy) is 1. The highest BCUT2D eigenvalue weighted by molar-refractivity contribution is 8.16. The van der Waals surface area contributed by atoms with Gasteiger partial charge in [0.05, 0.1) is 36.5 Å². The Morgan fingerprint density at radius 1 is 1.10 bits per heavy atom. The minimum atomic E-state index is -0.438. The smallest absolute Gasteiger partial charge is 0.338 e. The molecular formula is C30H33FN4O3S. The summed E-state index contributed by atoms with van der Waals surface area (Å²) in [4.78, 5) is 37.3. The lowest BCUT2D eigenvalue weighted by Crippen LogP contribution is -2.49. The number of rotatable bonds is 6. The Morgan fingerprint density at radius 2 is 1.85 bits per heavy atom. The summed E-state index contributed by atoms with van der Waals surface area (Å²) in [5, 5.41) is 2.73. The zero-order chi connectivity index (χ0) is 27.7. The zero-order valence-electron chi connectivity index (χ0n) is 22.7. The summed E-state index contributed by atoms with van der Waals surface area (Å²) in [7, 11) is 1.39. The van der Waals surface area contributed by atoms with Gasteiger partial charge in [0.2, 0.25) is 5.91 Å². The van der Waals surface area contributed by atoms with Crippen LogP contribution in [0.3, 0.4) is 0 Å². The van der Waals surface area contributed by atoms with Gasteiger partial charge in [-0.3, -0.25) is 4.79 Å². The highest BCUT2D eigenvalue weighted by Crippen LogP contribution is 2.46. The van der Waals surface area contributed by atoms with E-state index in [0.29, 0.717) is 49.6 Å². The number of fused-ring (bicyclic) bond motifs is 1. The number of halogens is 1. The molecule has 0 bridgehead atoms. The van der Waals surface area contributed by atoms with Crippen LogP contribution in [0.1, 0.15) is 42.5 Å². The van der Waals surface area contributed by atoms with Crippen molar-refractivity contribution in [1.29, 1.82) is 0 Å². The molecule has 0 radical (unpaired) electrons. The predicted octanol–water partition coefficient (Wildman–Crippen LogP) is 5.32. The lowest BCUT2D eigenvalue weighted by molar-refractivity contribution is -0.136. The molecule has 1 fully saturated rings. The summed E-state index contributed by atoms with van der Waals surface area (Å²) >= 11 is 1.48. The fourth-order valence-corrected chi connectivity index (χ4v) is 6.45. The van der Waals surface area contributed by atoms with Gasteiger partial charge < -0.3 is 19.4 Å². The van der Waals surface area contributed by atoms with Crippen molar-refractivity contribution in [2.45, 2.75) is 39.7 Å². The molecule has 0 saturated carbocycles. The molecule has 3 heterocycles. The number of methoxy groups -OCH3 is 1. The molecule has 0 unspecified atom stereocenters.